The van der Waals surface area contributed by atoms with Gasteiger partial charge in [0, 0.05) is 16.5 Å². The van der Waals surface area contributed by atoms with E-state index in [-0.39, 0.29) is 5.69 Å². The van der Waals surface area contributed by atoms with Gasteiger partial charge < -0.3 is 9.84 Å². The lowest BCUT2D eigenvalue weighted by Gasteiger charge is -2.07. The molecule has 2 heterocycles. The molecule has 1 N–H and O–H groups in total. The zero-order valence-corrected chi connectivity index (χ0v) is 15.2. The third-order valence-corrected chi connectivity index (χ3v) is 4.85. The van der Waals surface area contributed by atoms with Crippen molar-refractivity contribution in [3.63, 3.8) is 0 Å². The van der Waals surface area contributed by atoms with E-state index in [0.29, 0.717) is 16.6 Å². The van der Waals surface area contributed by atoms with E-state index in [1.54, 1.807) is 11.8 Å². The van der Waals surface area contributed by atoms with Crippen LogP contribution < -0.4 is 4.74 Å². The second-order valence-electron chi connectivity index (χ2n) is 5.69. The minimum atomic E-state index is -1.07. The second kappa shape index (κ2) is 7.05. The summed E-state index contributed by atoms with van der Waals surface area (Å²) < 4.78 is 7.37. The first-order valence-electron chi connectivity index (χ1n) is 8.16. The molecule has 0 bridgehead atoms. The fourth-order valence-corrected chi connectivity index (χ4v) is 3.58. The molecule has 7 heteroatoms. The molecule has 0 aliphatic heterocycles. The van der Waals surface area contributed by atoms with E-state index in [9.17, 15) is 9.90 Å². The van der Waals surface area contributed by atoms with Gasteiger partial charge in [-0.3, -0.25) is 0 Å². The summed E-state index contributed by atoms with van der Waals surface area (Å²) in [6.45, 7) is 0. The fourth-order valence-electron chi connectivity index (χ4n) is 2.83. The molecular weight excluding hydrogens is 362 g/mol. The number of methoxy groups -OCH3 is 1. The van der Waals surface area contributed by atoms with Crippen LogP contribution in [0, 0.1) is 0 Å². The number of benzene rings is 2. The van der Waals surface area contributed by atoms with Crippen molar-refractivity contribution in [3.8, 4) is 33.4 Å². The van der Waals surface area contributed by atoms with Crippen molar-refractivity contribution in [1.29, 1.82) is 0 Å². The number of aromatic carboxylic acids is 1. The number of hydrogen-bond acceptors (Lipinski definition) is 5. The minimum Gasteiger partial charge on any atom is -0.492 e. The lowest BCUT2D eigenvalue weighted by atomic mass is 10.1. The van der Waals surface area contributed by atoms with Crippen molar-refractivity contribution in [2.24, 2.45) is 0 Å². The molecule has 0 aliphatic rings. The van der Waals surface area contributed by atoms with Crippen LogP contribution in [-0.4, -0.2) is 33.0 Å². The summed E-state index contributed by atoms with van der Waals surface area (Å²) in [6.07, 6.45) is 0. The average molecular weight is 377 g/mol. The van der Waals surface area contributed by atoms with Gasteiger partial charge in [0.2, 0.25) is 5.13 Å². The van der Waals surface area contributed by atoms with Crippen LogP contribution in [0.25, 0.3) is 27.6 Å². The SMILES string of the molecule is COc1c(-c2ccccc2)nn(-c2nc(C(=O)O)cs2)c1-c1ccccc1. The average Bonchev–Trinajstić information content (AvgIpc) is 3.34. The molecule has 0 unspecified atom stereocenters. The largest absolute Gasteiger partial charge is 0.492 e. The molecule has 2 aromatic heterocycles. The highest BCUT2D eigenvalue weighted by atomic mass is 32.1. The standard InChI is InChI=1S/C20H15N3O3S/c1-26-18-16(13-8-4-2-5-9-13)22-23(17(18)14-10-6-3-7-11-14)20-21-15(12-27-20)19(24)25/h2-12H,1H3,(H,24,25). The molecule has 2 aromatic carbocycles. The van der Waals surface area contributed by atoms with Gasteiger partial charge in [-0.2, -0.15) is 5.10 Å². The Kier molecular flexibility index (Phi) is 4.43. The van der Waals surface area contributed by atoms with Gasteiger partial charge in [-0.1, -0.05) is 60.7 Å². The first kappa shape index (κ1) is 17.0. The fraction of sp³-hybridized carbons (Fsp3) is 0.0500. The van der Waals surface area contributed by atoms with E-state index >= 15 is 0 Å². The summed E-state index contributed by atoms with van der Waals surface area (Å²) in [5, 5.41) is 15.9. The van der Waals surface area contributed by atoms with Gasteiger partial charge >= 0.3 is 5.97 Å². The van der Waals surface area contributed by atoms with Crippen molar-refractivity contribution in [1.82, 2.24) is 14.8 Å². The molecular formula is C20H15N3O3S. The van der Waals surface area contributed by atoms with E-state index in [0.717, 1.165) is 16.8 Å². The summed E-state index contributed by atoms with van der Waals surface area (Å²) in [5.41, 5.74) is 3.19. The van der Waals surface area contributed by atoms with Crippen LogP contribution in [0.2, 0.25) is 0 Å². The summed E-state index contributed by atoms with van der Waals surface area (Å²) in [7, 11) is 1.60. The number of thiazole rings is 1. The molecule has 4 rings (SSSR count). The lowest BCUT2D eigenvalue weighted by molar-refractivity contribution is 0.0691. The summed E-state index contributed by atoms with van der Waals surface area (Å²) in [5.74, 6) is -0.458. The molecule has 0 radical (unpaired) electrons. The van der Waals surface area contributed by atoms with E-state index in [4.69, 9.17) is 9.84 Å². The Balaban J connectivity index is 1.99. The van der Waals surface area contributed by atoms with Crippen molar-refractivity contribution in [2.75, 3.05) is 7.11 Å². The molecule has 0 atom stereocenters. The van der Waals surface area contributed by atoms with E-state index in [2.05, 4.69) is 4.98 Å². The maximum atomic E-state index is 11.2. The molecule has 0 saturated heterocycles. The summed E-state index contributed by atoms with van der Waals surface area (Å²) in [4.78, 5) is 15.5. The Morgan fingerprint density at radius 3 is 2.22 bits per heavy atom. The van der Waals surface area contributed by atoms with Crippen LogP contribution in [0.3, 0.4) is 0 Å². The number of rotatable bonds is 5. The molecule has 4 aromatic rings. The number of carboxylic acid groups (broad SMARTS) is 1. The van der Waals surface area contributed by atoms with Crippen molar-refractivity contribution in [3.05, 3.63) is 71.7 Å². The predicted molar refractivity (Wildman–Crippen MR) is 104 cm³/mol. The zero-order chi connectivity index (χ0) is 18.8. The number of carbonyl (C=O) groups is 1. The topological polar surface area (TPSA) is 77.2 Å². The highest BCUT2D eigenvalue weighted by molar-refractivity contribution is 7.12. The van der Waals surface area contributed by atoms with E-state index < -0.39 is 5.97 Å². The van der Waals surface area contributed by atoms with Gasteiger partial charge in [-0.15, -0.1) is 11.3 Å². The molecule has 0 spiro atoms. The predicted octanol–water partition coefficient (Wildman–Crippen LogP) is 4.37. The van der Waals surface area contributed by atoms with E-state index in [1.807, 2.05) is 60.7 Å². The van der Waals surface area contributed by atoms with Crippen LogP contribution in [0.15, 0.2) is 66.0 Å². The van der Waals surface area contributed by atoms with Gasteiger partial charge in [-0.25, -0.2) is 14.5 Å². The molecule has 27 heavy (non-hydrogen) atoms. The Morgan fingerprint density at radius 2 is 1.67 bits per heavy atom. The molecule has 0 saturated carbocycles. The highest BCUT2D eigenvalue weighted by Gasteiger charge is 2.24. The number of carboxylic acids is 1. The zero-order valence-electron chi connectivity index (χ0n) is 14.4. The van der Waals surface area contributed by atoms with Gasteiger partial charge in [0.1, 0.15) is 11.4 Å². The van der Waals surface area contributed by atoms with E-state index in [1.165, 1.54) is 16.7 Å². The molecule has 0 aliphatic carbocycles. The molecule has 0 fully saturated rings. The minimum absolute atomic E-state index is 0.00950. The van der Waals surface area contributed by atoms with Crippen LogP contribution in [0.4, 0.5) is 0 Å². The van der Waals surface area contributed by atoms with Crippen molar-refractivity contribution < 1.29 is 14.6 Å². The Morgan fingerprint density at radius 1 is 1.04 bits per heavy atom. The van der Waals surface area contributed by atoms with Crippen LogP contribution in [0.1, 0.15) is 10.5 Å². The third kappa shape index (κ3) is 3.09. The van der Waals surface area contributed by atoms with Crippen molar-refractivity contribution >= 4 is 17.3 Å². The Labute approximate surface area is 159 Å². The lowest BCUT2D eigenvalue weighted by Crippen LogP contribution is -2.02. The van der Waals surface area contributed by atoms with Crippen LogP contribution >= 0.6 is 11.3 Å². The Hall–Kier alpha value is -3.45. The molecule has 6 nitrogen and oxygen atoms in total. The third-order valence-electron chi connectivity index (χ3n) is 4.03. The maximum Gasteiger partial charge on any atom is 0.355 e. The first-order chi connectivity index (χ1) is 13.2. The van der Waals surface area contributed by atoms with Gasteiger partial charge in [0.25, 0.3) is 0 Å². The smallest absolute Gasteiger partial charge is 0.355 e. The number of ether oxygens (including phenoxy) is 1. The van der Waals surface area contributed by atoms with Gasteiger partial charge in [-0.05, 0) is 0 Å². The Bertz CT molecular complexity index is 1090. The van der Waals surface area contributed by atoms with Gasteiger partial charge in [0.15, 0.2) is 11.4 Å². The van der Waals surface area contributed by atoms with Crippen LogP contribution in [0.5, 0.6) is 5.75 Å². The number of aromatic nitrogens is 3. The summed E-state index contributed by atoms with van der Waals surface area (Å²) in [6, 6.07) is 19.4. The quantitative estimate of drug-likeness (QED) is 0.559. The maximum absolute atomic E-state index is 11.2. The molecule has 0 amide bonds. The van der Waals surface area contributed by atoms with Crippen molar-refractivity contribution in [2.45, 2.75) is 0 Å². The highest BCUT2D eigenvalue weighted by Crippen LogP contribution is 2.40. The molecule has 134 valence electrons. The van der Waals surface area contributed by atoms with Crippen LogP contribution in [-0.2, 0) is 0 Å². The number of nitrogens with zero attached hydrogens (tertiary/aromatic N) is 3. The second-order valence-corrected chi connectivity index (χ2v) is 6.53. The van der Waals surface area contributed by atoms with Gasteiger partial charge in [0.05, 0.1) is 7.11 Å². The number of hydrogen-bond donors (Lipinski definition) is 1. The normalized spacial score (nSPS) is 10.7. The first-order valence-corrected chi connectivity index (χ1v) is 9.04. The monoisotopic (exact) mass is 377 g/mol. The summed E-state index contributed by atoms with van der Waals surface area (Å²) >= 11 is 1.22.